The molecule has 0 aromatic carbocycles. The zero-order valence-electron chi connectivity index (χ0n) is 22.1. The molecule has 0 bridgehead atoms. The lowest BCUT2D eigenvalue weighted by atomic mass is 9.46. The van der Waals surface area contributed by atoms with Crippen LogP contribution in [0.5, 0.6) is 0 Å². The number of allylic oxidation sites excluding steroid dienone is 2. The van der Waals surface area contributed by atoms with E-state index in [1.54, 1.807) is 5.57 Å². The van der Waals surface area contributed by atoms with Crippen LogP contribution >= 0.6 is 0 Å². The first-order valence-corrected chi connectivity index (χ1v) is 14.1. The van der Waals surface area contributed by atoms with Gasteiger partial charge >= 0.3 is 0 Å². The molecule has 0 radical (unpaired) electrons. The number of rotatable bonds is 6. The van der Waals surface area contributed by atoms with E-state index in [4.69, 9.17) is 0 Å². The number of hydrogen-bond donors (Lipinski definition) is 2. The predicted molar refractivity (Wildman–Crippen MR) is 134 cm³/mol. The molecule has 2 heteroatoms. The van der Waals surface area contributed by atoms with Gasteiger partial charge in [-0.3, -0.25) is 0 Å². The maximum absolute atomic E-state index is 11.3. The fraction of sp³-hybridized carbons (Fsp3) is 0.933. The fourth-order valence-corrected chi connectivity index (χ4v) is 9.55. The van der Waals surface area contributed by atoms with E-state index in [9.17, 15) is 10.2 Å². The van der Waals surface area contributed by atoms with Crippen LogP contribution in [-0.2, 0) is 0 Å². The lowest BCUT2D eigenvalue weighted by Crippen LogP contribution is -2.52. The van der Waals surface area contributed by atoms with Crippen molar-refractivity contribution in [3.8, 4) is 0 Å². The highest BCUT2D eigenvalue weighted by molar-refractivity contribution is 5.28. The van der Waals surface area contributed by atoms with Crippen LogP contribution in [0.15, 0.2) is 11.6 Å². The fourth-order valence-electron chi connectivity index (χ4n) is 9.55. The highest BCUT2D eigenvalue weighted by Gasteiger charge is 2.59. The molecule has 184 valence electrons. The van der Waals surface area contributed by atoms with Crippen molar-refractivity contribution in [2.45, 2.75) is 118 Å². The lowest BCUT2D eigenvalue weighted by Gasteiger charge is -2.59. The van der Waals surface area contributed by atoms with Crippen LogP contribution in [-0.4, -0.2) is 22.4 Å². The molecule has 2 nitrogen and oxygen atoms in total. The van der Waals surface area contributed by atoms with E-state index in [1.807, 2.05) is 0 Å². The van der Waals surface area contributed by atoms with Crippen molar-refractivity contribution in [3.05, 3.63) is 11.6 Å². The third-order valence-electron chi connectivity index (χ3n) is 11.9. The summed E-state index contributed by atoms with van der Waals surface area (Å²) in [5.41, 5.74) is 2.52. The summed E-state index contributed by atoms with van der Waals surface area (Å²) in [4.78, 5) is 0. The van der Waals surface area contributed by atoms with E-state index in [0.717, 1.165) is 18.8 Å². The van der Waals surface area contributed by atoms with Crippen molar-refractivity contribution in [2.24, 2.45) is 58.2 Å². The molecule has 0 heterocycles. The summed E-state index contributed by atoms with van der Waals surface area (Å²) in [6.07, 6.45) is 13.1. The van der Waals surface area contributed by atoms with Crippen molar-refractivity contribution in [1.82, 2.24) is 0 Å². The van der Waals surface area contributed by atoms with Crippen LogP contribution in [0, 0.1) is 58.2 Å². The molecule has 0 aliphatic heterocycles. The van der Waals surface area contributed by atoms with Gasteiger partial charge in [0, 0.05) is 0 Å². The van der Waals surface area contributed by atoms with Crippen LogP contribution in [0.2, 0.25) is 0 Å². The first kappa shape index (κ1) is 24.8. The first-order valence-electron chi connectivity index (χ1n) is 14.1. The standard InChI is InChI=1S/C30H52O2/c1-8-21(18(2)3)17-28(32)20(5)24-11-12-25-22-9-10-23-19(4)27(31)14-16-30(23,7)26(22)13-15-29(24,25)6/h9,18-21,23-28,31-32H,8,10-17H2,1-7H3/t19-,20-,21+,23-,24+,25-,26-,27-,28+,29+,30-/m0/s1. The summed E-state index contributed by atoms with van der Waals surface area (Å²) in [7, 11) is 0. The second-order valence-corrected chi connectivity index (χ2v) is 13.4. The van der Waals surface area contributed by atoms with E-state index >= 15 is 0 Å². The molecule has 0 aromatic heterocycles. The Kier molecular flexibility index (Phi) is 6.99. The van der Waals surface area contributed by atoms with Gasteiger partial charge in [-0.15, -0.1) is 0 Å². The minimum Gasteiger partial charge on any atom is -0.393 e. The molecule has 0 spiro atoms. The minimum absolute atomic E-state index is 0.104. The summed E-state index contributed by atoms with van der Waals surface area (Å²) in [6, 6.07) is 0. The van der Waals surface area contributed by atoms with Gasteiger partial charge in [0.1, 0.15) is 0 Å². The van der Waals surface area contributed by atoms with E-state index in [-0.39, 0.29) is 12.2 Å². The molecule has 3 fully saturated rings. The van der Waals surface area contributed by atoms with Crippen molar-refractivity contribution < 1.29 is 10.2 Å². The van der Waals surface area contributed by atoms with Crippen LogP contribution < -0.4 is 0 Å². The molecule has 32 heavy (non-hydrogen) atoms. The molecule has 0 aromatic rings. The third kappa shape index (κ3) is 3.84. The van der Waals surface area contributed by atoms with Gasteiger partial charge in [0.05, 0.1) is 12.2 Å². The molecule has 3 saturated carbocycles. The Balaban J connectivity index is 1.53. The summed E-state index contributed by atoms with van der Waals surface area (Å²) in [6.45, 7) is 16.7. The van der Waals surface area contributed by atoms with Crippen LogP contribution in [0.1, 0.15) is 106 Å². The first-order chi connectivity index (χ1) is 15.0. The monoisotopic (exact) mass is 444 g/mol. The Morgan fingerprint density at radius 1 is 1.00 bits per heavy atom. The lowest BCUT2D eigenvalue weighted by molar-refractivity contribution is -0.0798. The topological polar surface area (TPSA) is 40.5 Å². The Bertz CT molecular complexity index is 697. The largest absolute Gasteiger partial charge is 0.393 e. The van der Waals surface area contributed by atoms with Crippen molar-refractivity contribution >= 4 is 0 Å². The SMILES string of the molecule is CC[C@H](C[C@@H](O)[C@@H](C)[C@H]1CC[C@H]2C3=CC[C@H]4[C@H](C)[C@@H](O)CC[C@]4(C)[C@H]3CC[C@]12C)C(C)C. The van der Waals surface area contributed by atoms with E-state index < -0.39 is 0 Å². The van der Waals surface area contributed by atoms with Gasteiger partial charge < -0.3 is 10.2 Å². The molecule has 0 saturated heterocycles. The smallest absolute Gasteiger partial charge is 0.0571 e. The molecular formula is C30H52O2. The molecule has 4 aliphatic rings. The molecular weight excluding hydrogens is 392 g/mol. The summed E-state index contributed by atoms with van der Waals surface area (Å²) >= 11 is 0. The predicted octanol–water partition coefficient (Wildman–Crippen LogP) is 7.24. The Labute approximate surface area is 198 Å². The molecule has 4 rings (SSSR count). The van der Waals surface area contributed by atoms with Crippen LogP contribution in [0.25, 0.3) is 0 Å². The van der Waals surface area contributed by atoms with Crippen molar-refractivity contribution in [1.29, 1.82) is 0 Å². The van der Waals surface area contributed by atoms with Gasteiger partial charge in [-0.05, 0) is 110 Å². The zero-order valence-corrected chi connectivity index (χ0v) is 22.1. The number of fused-ring (bicyclic) bond motifs is 5. The van der Waals surface area contributed by atoms with Crippen molar-refractivity contribution in [2.75, 3.05) is 0 Å². The summed E-state index contributed by atoms with van der Waals surface area (Å²) < 4.78 is 0. The van der Waals surface area contributed by atoms with Gasteiger partial charge in [-0.25, -0.2) is 0 Å². The maximum atomic E-state index is 11.3. The van der Waals surface area contributed by atoms with Gasteiger partial charge in [-0.1, -0.05) is 66.5 Å². The maximum Gasteiger partial charge on any atom is 0.0571 e. The van der Waals surface area contributed by atoms with Gasteiger partial charge in [0.15, 0.2) is 0 Å². The highest BCUT2D eigenvalue weighted by atomic mass is 16.3. The number of aliphatic hydroxyl groups is 2. The average Bonchev–Trinajstić information content (AvgIpc) is 3.11. The molecule has 2 N–H and O–H groups in total. The van der Waals surface area contributed by atoms with E-state index in [2.05, 4.69) is 54.5 Å². The van der Waals surface area contributed by atoms with Crippen molar-refractivity contribution in [3.63, 3.8) is 0 Å². The second-order valence-electron chi connectivity index (χ2n) is 13.4. The Hall–Kier alpha value is -0.340. The minimum atomic E-state index is -0.163. The quantitative estimate of drug-likeness (QED) is 0.424. The Morgan fingerprint density at radius 3 is 2.31 bits per heavy atom. The summed E-state index contributed by atoms with van der Waals surface area (Å²) in [5, 5.41) is 21.8. The number of hydrogen-bond acceptors (Lipinski definition) is 2. The molecule has 0 unspecified atom stereocenters. The third-order valence-corrected chi connectivity index (χ3v) is 11.9. The van der Waals surface area contributed by atoms with E-state index in [1.165, 1.54) is 44.9 Å². The molecule has 0 amide bonds. The normalized spacial score (nSPS) is 46.6. The van der Waals surface area contributed by atoms with E-state index in [0.29, 0.717) is 52.3 Å². The number of aliphatic hydroxyl groups excluding tert-OH is 2. The molecule has 4 aliphatic carbocycles. The van der Waals surface area contributed by atoms with Crippen LogP contribution in [0.4, 0.5) is 0 Å². The second kappa shape index (κ2) is 9.03. The van der Waals surface area contributed by atoms with Crippen LogP contribution in [0.3, 0.4) is 0 Å². The Morgan fingerprint density at radius 2 is 1.66 bits per heavy atom. The van der Waals surface area contributed by atoms with Gasteiger partial charge in [0.2, 0.25) is 0 Å². The highest BCUT2D eigenvalue weighted by Crippen LogP contribution is 2.67. The average molecular weight is 445 g/mol. The van der Waals surface area contributed by atoms with Gasteiger partial charge in [0.25, 0.3) is 0 Å². The summed E-state index contributed by atoms with van der Waals surface area (Å²) in [5.74, 6) is 4.84. The van der Waals surface area contributed by atoms with Gasteiger partial charge in [-0.2, -0.15) is 0 Å². The zero-order chi connectivity index (χ0) is 23.4. The molecule has 11 atom stereocenters.